The highest BCUT2D eigenvalue weighted by molar-refractivity contribution is 6.02. The number of urea groups is 1. The Bertz CT molecular complexity index is 1370. The standard InChI is InChI=1S/C26H27F2N7O2/c1-15-7-8-16(24(36)29-2)13-17(15)21-18-14-30-26(37)35(22-19(27)5-4-6-20(22)28)23(18)32-25(31-21)34-11-9-33(3)10-12-34/h4-8,13H,9-12,14H2,1-3H3,(H,29,36)(H,30,37). The van der Waals surface area contributed by atoms with Crippen LogP contribution in [0.5, 0.6) is 0 Å². The van der Waals surface area contributed by atoms with Gasteiger partial charge in [-0.2, -0.15) is 4.98 Å². The van der Waals surface area contributed by atoms with E-state index in [1.807, 2.05) is 24.9 Å². The third-order valence-corrected chi connectivity index (χ3v) is 6.73. The molecule has 2 N–H and O–H groups in total. The van der Waals surface area contributed by atoms with Gasteiger partial charge in [0.1, 0.15) is 17.3 Å². The summed E-state index contributed by atoms with van der Waals surface area (Å²) >= 11 is 0. The first-order chi connectivity index (χ1) is 17.8. The molecule has 0 saturated carbocycles. The number of rotatable bonds is 4. The van der Waals surface area contributed by atoms with Crippen molar-refractivity contribution < 1.29 is 18.4 Å². The Morgan fingerprint density at radius 1 is 1.05 bits per heavy atom. The normalized spacial score (nSPS) is 15.9. The van der Waals surface area contributed by atoms with Crippen molar-refractivity contribution in [2.75, 3.05) is 50.1 Å². The van der Waals surface area contributed by atoms with Gasteiger partial charge in [0.15, 0.2) is 5.82 Å². The lowest BCUT2D eigenvalue weighted by atomic mass is 9.97. The highest BCUT2D eigenvalue weighted by Gasteiger charge is 2.35. The minimum atomic E-state index is -0.887. The quantitative estimate of drug-likeness (QED) is 0.564. The summed E-state index contributed by atoms with van der Waals surface area (Å²) in [7, 11) is 3.58. The Morgan fingerprint density at radius 3 is 2.43 bits per heavy atom. The van der Waals surface area contributed by atoms with Crippen LogP contribution in [0.1, 0.15) is 21.5 Å². The Morgan fingerprint density at radius 2 is 1.76 bits per heavy atom. The summed E-state index contributed by atoms with van der Waals surface area (Å²) in [6.07, 6.45) is 0. The van der Waals surface area contributed by atoms with Gasteiger partial charge in [0.05, 0.1) is 12.2 Å². The smallest absolute Gasteiger partial charge is 0.328 e. The first-order valence-corrected chi connectivity index (χ1v) is 12.0. The number of benzene rings is 2. The minimum absolute atomic E-state index is 0.0583. The molecule has 0 aliphatic carbocycles. The highest BCUT2D eigenvalue weighted by atomic mass is 19.1. The fourth-order valence-electron chi connectivity index (χ4n) is 4.59. The molecule has 5 rings (SSSR count). The lowest BCUT2D eigenvalue weighted by Gasteiger charge is -2.35. The second kappa shape index (κ2) is 9.74. The van der Waals surface area contributed by atoms with Gasteiger partial charge in [-0.15, -0.1) is 0 Å². The maximum absolute atomic E-state index is 14.9. The summed E-state index contributed by atoms with van der Waals surface area (Å²) in [6.45, 7) is 4.81. The van der Waals surface area contributed by atoms with E-state index in [4.69, 9.17) is 9.97 Å². The Labute approximate surface area is 213 Å². The summed E-state index contributed by atoms with van der Waals surface area (Å²) in [5, 5.41) is 5.32. The summed E-state index contributed by atoms with van der Waals surface area (Å²) in [6, 6.07) is 8.01. The number of amides is 3. The van der Waals surface area contributed by atoms with Gasteiger partial charge in [0, 0.05) is 49.9 Å². The van der Waals surface area contributed by atoms with Crippen molar-refractivity contribution >= 4 is 29.4 Å². The molecule has 2 aromatic carbocycles. The number of nitrogens with zero attached hydrogens (tertiary/aromatic N) is 5. The second-order valence-electron chi connectivity index (χ2n) is 9.14. The Kier molecular flexibility index (Phi) is 6.46. The number of anilines is 3. The molecule has 1 saturated heterocycles. The van der Waals surface area contributed by atoms with Crippen LogP contribution in [0.15, 0.2) is 36.4 Å². The van der Waals surface area contributed by atoms with Gasteiger partial charge >= 0.3 is 6.03 Å². The molecule has 3 aromatic rings. The molecule has 192 valence electrons. The van der Waals surface area contributed by atoms with E-state index >= 15 is 0 Å². The third kappa shape index (κ3) is 4.46. The molecule has 2 aliphatic heterocycles. The molecule has 3 amide bonds. The molecule has 9 nitrogen and oxygen atoms in total. The van der Waals surface area contributed by atoms with Crippen LogP contribution in [0.2, 0.25) is 0 Å². The van der Waals surface area contributed by atoms with Crippen LogP contribution in [-0.4, -0.2) is 67.1 Å². The number of aromatic nitrogens is 2. The van der Waals surface area contributed by atoms with E-state index in [9.17, 15) is 18.4 Å². The van der Waals surface area contributed by atoms with Crippen LogP contribution in [0.25, 0.3) is 11.3 Å². The van der Waals surface area contributed by atoms with Crippen LogP contribution in [-0.2, 0) is 6.54 Å². The number of nitrogens with one attached hydrogen (secondary N) is 2. The summed E-state index contributed by atoms with van der Waals surface area (Å²) < 4.78 is 29.8. The first-order valence-electron chi connectivity index (χ1n) is 12.0. The highest BCUT2D eigenvalue weighted by Crippen LogP contribution is 2.39. The number of halogens is 2. The largest absolute Gasteiger partial charge is 0.355 e. The van der Waals surface area contributed by atoms with Crippen molar-refractivity contribution in [1.82, 2.24) is 25.5 Å². The number of hydrogen-bond acceptors (Lipinski definition) is 6. The zero-order valence-electron chi connectivity index (χ0n) is 20.8. The molecule has 3 heterocycles. The van der Waals surface area contributed by atoms with Gasteiger partial charge in [-0.1, -0.05) is 12.1 Å². The zero-order valence-corrected chi connectivity index (χ0v) is 20.8. The summed E-state index contributed by atoms with van der Waals surface area (Å²) in [4.78, 5) is 40.1. The van der Waals surface area contributed by atoms with E-state index in [0.717, 1.165) is 35.7 Å². The average molecular weight is 508 g/mol. The number of hydrogen-bond donors (Lipinski definition) is 2. The fraction of sp³-hybridized carbons (Fsp3) is 0.308. The van der Waals surface area contributed by atoms with Gasteiger partial charge in [0.25, 0.3) is 5.91 Å². The maximum atomic E-state index is 14.9. The first kappa shape index (κ1) is 24.6. The van der Waals surface area contributed by atoms with Gasteiger partial charge in [-0.05, 0) is 43.8 Å². The summed E-state index contributed by atoms with van der Waals surface area (Å²) in [5.41, 5.74) is 2.43. The molecule has 0 unspecified atom stereocenters. The zero-order chi connectivity index (χ0) is 26.3. The van der Waals surface area contributed by atoms with Crippen LogP contribution in [0.3, 0.4) is 0 Å². The van der Waals surface area contributed by atoms with E-state index in [-0.39, 0.29) is 18.3 Å². The van der Waals surface area contributed by atoms with E-state index in [1.165, 1.54) is 6.07 Å². The molecule has 1 aromatic heterocycles. The van der Waals surface area contributed by atoms with E-state index in [2.05, 4.69) is 15.5 Å². The van der Waals surface area contributed by atoms with E-state index in [1.54, 1.807) is 19.2 Å². The molecule has 0 radical (unpaired) electrons. The van der Waals surface area contributed by atoms with Crippen molar-refractivity contribution in [2.45, 2.75) is 13.5 Å². The number of aryl methyl sites for hydroxylation is 1. The molecule has 0 spiro atoms. The minimum Gasteiger partial charge on any atom is -0.355 e. The molecular weight excluding hydrogens is 480 g/mol. The van der Waals surface area contributed by atoms with Crippen LogP contribution in [0.4, 0.5) is 31.0 Å². The molecule has 11 heteroatoms. The number of likely N-dealkylation sites (N-methyl/N-ethyl adjacent to an activating group) is 1. The van der Waals surface area contributed by atoms with Crippen molar-refractivity contribution in [3.63, 3.8) is 0 Å². The lowest BCUT2D eigenvalue weighted by molar-refractivity contribution is 0.0963. The Balaban J connectivity index is 1.76. The van der Waals surface area contributed by atoms with Crippen LogP contribution in [0, 0.1) is 18.6 Å². The van der Waals surface area contributed by atoms with Crippen LogP contribution < -0.4 is 20.4 Å². The number of fused-ring (bicyclic) bond motifs is 1. The van der Waals surface area contributed by atoms with Crippen molar-refractivity contribution in [1.29, 1.82) is 0 Å². The summed E-state index contributed by atoms with van der Waals surface area (Å²) in [5.74, 6) is -1.57. The number of carbonyl (C=O) groups excluding carboxylic acids is 2. The molecule has 0 atom stereocenters. The average Bonchev–Trinajstić information content (AvgIpc) is 2.89. The number of carbonyl (C=O) groups is 2. The number of piperazine rings is 1. The van der Waals surface area contributed by atoms with Crippen molar-refractivity contribution in [2.24, 2.45) is 0 Å². The van der Waals surface area contributed by atoms with Crippen LogP contribution >= 0.6 is 0 Å². The van der Waals surface area contributed by atoms with Gasteiger partial charge in [0.2, 0.25) is 5.95 Å². The molecule has 0 bridgehead atoms. The second-order valence-corrected chi connectivity index (χ2v) is 9.14. The van der Waals surface area contributed by atoms with Crippen molar-refractivity contribution in [3.8, 4) is 11.3 Å². The molecular formula is C26H27F2N7O2. The fourth-order valence-corrected chi connectivity index (χ4v) is 4.59. The van der Waals surface area contributed by atoms with Gasteiger partial charge in [-0.3, -0.25) is 4.79 Å². The lowest BCUT2D eigenvalue weighted by Crippen LogP contribution is -2.46. The SMILES string of the molecule is CNC(=O)c1ccc(C)c(-c2nc(N3CCN(C)CC3)nc3c2CNC(=O)N3c2c(F)cccc2F)c1. The predicted octanol–water partition coefficient (Wildman–Crippen LogP) is 3.20. The van der Waals surface area contributed by atoms with E-state index < -0.39 is 23.4 Å². The Hall–Kier alpha value is -4.12. The molecule has 1 fully saturated rings. The molecule has 37 heavy (non-hydrogen) atoms. The monoisotopic (exact) mass is 507 g/mol. The van der Waals surface area contributed by atoms with E-state index in [0.29, 0.717) is 41.4 Å². The predicted molar refractivity (Wildman–Crippen MR) is 136 cm³/mol. The third-order valence-electron chi connectivity index (χ3n) is 6.73. The molecule has 2 aliphatic rings. The van der Waals surface area contributed by atoms with Gasteiger partial charge in [-0.25, -0.2) is 23.5 Å². The van der Waals surface area contributed by atoms with Crippen molar-refractivity contribution in [3.05, 3.63) is 64.7 Å². The maximum Gasteiger partial charge on any atom is 0.328 e. The number of para-hydroxylation sites is 1. The topological polar surface area (TPSA) is 93.7 Å². The van der Waals surface area contributed by atoms with Gasteiger partial charge < -0.3 is 20.4 Å².